The zero-order chi connectivity index (χ0) is 12.2. The number of sulfone groups is 1. The van der Waals surface area contributed by atoms with Crippen LogP contribution in [0.5, 0.6) is 0 Å². The predicted molar refractivity (Wildman–Crippen MR) is 66.3 cm³/mol. The van der Waals surface area contributed by atoms with Crippen LogP contribution in [0.15, 0.2) is 22.8 Å². The SMILES string of the molecule is CS(=O)(=O)CCC(NN)c1ncccc1Br. The van der Waals surface area contributed by atoms with Crippen molar-refractivity contribution in [3.63, 3.8) is 0 Å². The molecule has 1 atom stereocenters. The van der Waals surface area contributed by atoms with Crippen molar-refractivity contribution in [3.05, 3.63) is 28.5 Å². The van der Waals surface area contributed by atoms with E-state index in [1.807, 2.05) is 6.07 Å². The van der Waals surface area contributed by atoms with Gasteiger partial charge in [-0.05, 0) is 34.5 Å². The van der Waals surface area contributed by atoms with Crippen molar-refractivity contribution in [1.82, 2.24) is 10.4 Å². The third-order valence-electron chi connectivity index (χ3n) is 2.10. The summed E-state index contributed by atoms with van der Waals surface area (Å²) in [6, 6.07) is 3.36. The summed E-state index contributed by atoms with van der Waals surface area (Å²) in [6.07, 6.45) is 3.24. The molecule has 0 aliphatic carbocycles. The number of halogens is 1. The van der Waals surface area contributed by atoms with Crippen LogP contribution in [0.25, 0.3) is 0 Å². The highest BCUT2D eigenvalue weighted by molar-refractivity contribution is 9.10. The number of pyridine rings is 1. The molecule has 0 spiro atoms. The van der Waals surface area contributed by atoms with Gasteiger partial charge in [0.2, 0.25) is 0 Å². The van der Waals surface area contributed by atoms with E-state index >= 15 is 0 Å². The number of nitrogens with two attached hydrogens (primary N) is 1. The summed E-state index contributed by atoms with van der Waals surface area (Å²) in [5.74, 6) is 5.47. The van der Waals surface area contributed by atoms with Gasteiger partial charge in [0.05, 0.1) is 17.5 Å². The van der Waals surface area contributed by atoms with Crippen LogP contribution in [0.1, 0.15) is 18.2 Å². The minimum atomic E-state index is -2.99. The number of hydrogen-bond donors (Lipinski definition) is 2. The molecule has 0 amide bonds. The van der Waals surface area contributed by atoms with Crippen LogP contribution < -0.4 is 11.3 Å². The van der Waals surface area contributed by atoms with E-state index in [0.29, 0.717) is 12.1 Å². The van der Waals surface area contributed by atoms with Crippen molar-refractivity contribution >= 4 is 25.8 Å². The Morgan fingerprint density at radius 3 is 2.81 bits per heavy atom. The standard InChI is InChI=1S/C9H14BrN3O2S/c1-16(14,15)6-4-8(13-11)9-7(10)3-2-5-12-9/h2-3,5,8,13H,4,6,11H2,1H3. The van der Waals surface area contributed by atoms with E-state index < -0.39 is 9.84 Å². The van der Waals surface area contributed by atoms with Crippen molar-refractivity contribution in [2.45, 2.75) is 12.5 Å². The van der Waals surface area contributed by atoms with Crippen LogP contribution in [-0.4, -0.2) is 25.4 Å². The van der Waals surface area contributed by atoms with Crippen LogP contribution in [-0.2, 0) is 9.84 Å². The molecule has 0 bridgehead atoms. The molecule has 0 aliphatic rings. The van der Waals surface area contributed by atoms with E-state index in [2.05, 4.69) is 26.3 Å². The lowest BCUT2D eigenvalue weighted by Crippen LogP contribution is -2.30. The van der Waals surface area contributed by atoms with Crippen molar-refractivity contribution in [2.75, 3.05) is 12.0 Å². The second kappa shape index (κ2) is 5.72. The fourth-order valence-electron chi connectivity index (χ4n) is 1.29. The molecule has 1 unspecified atom stereocenters. The lowest BCUT2D eigenvalue weighted by atomic mass is 10.1. The highest BCUT2D eigenvalue weighted by atomic mass is 79.9. The largest absolute Gasteiger partial charge is 0.271 e. The van der Waals surface area contributed by atoms with Gasteiger partial charge in [-0.3, -0.25) is 16.3 Å². The molecule has 7 heteroatoms. The quantitative estimate of drug-likeness (QED) is 0.620. The molecule has 3 N–H and O–H groups in total. The van der Waals surface area contributed by atoms with Crippen molar-refractivity contribution < 1.29 is 8.42 Å². The van der Waals surface area contributed by atoms with Crippen molar-refractivity contribution in [2.24, 2.45) is 5.84 Å². The van der Waals surface area contributed by atoms with E-state index in [1.165, 1.54) is 6.26 Å². The number of hydrazine groups is 1. The molecule has 1 rings (SSSR count). The average Bonchev–Trinajstić information content (AvgIpc) is 2.20. The van der Waals surface area contributed by atoms with Gasteiger partial charge in [0.25, 0.3) is 0 Å². The van der Waals surface area contributed by atoms with Gasteiger partial charge in [-0.2, -0.15) is 0 Å². The first kappa shape index (κ1) is 13.6. The summed E-state index contributed by atoms with van der Waals surface area (Å²) in [5.41, 5.74) is 3.29. The Morgan fingerprint density at radius 1 is 1.62 bits per heavy atom. The van der Waals surface area contributed by atoms with Crippen molar-refractivity contribution in [3.8, 4) is 0 Å². The Labute approximate surface area is 103 Å². The second-order valence-electron chi connectivity index (χ2n) is 3.51. The third-order valence-corrected chi connectivity index (χ3v) is 3.74. The fraction of sp³-hybridized carbons (Fsp3) is 0.444. The van der Waals surface area contributed by atoms with Crippen molar-refractivity contribution in [1.29, 1.82) is 0 Å². The van der Waals surface area contributed by atoms with Gasteiger partial charge in [-0.1, -0.05) is 0 Å². The smallest absolute Gasteiger partial charge is 0.147 e. The Kier molecular flexibility index (Phi) is 4.85. The van der Waals surface area contributed by atoms with Crippen LogP contribution in [0.2, 0.25) is 0 Å². The van der Waals surface area contributed by atoms with E-state index in [9.17, 15) is 8.42 Å². The van der Waals surface area contributed by atoms with Gasteiger partial charge >= 0.3 is 0 Å². The Morgan fingerprint density at radius 2 is 2.31 bits per heavy atom. The second-order valence-corrected chi connectivity index (χ2v) is 6.62. The monoisotopic (exact) mass is 307 g/mol. The molecule has 0 radical (unpaired) electrons. The molecule has 1 aromatic heterocycles. The normalized spacial score (nSPS) is 13.7. The van der Waals surface area contributed by atoms with E-state index in [0.717, 1.165) is 4.47 Å². The van der Waals surface area contributed by atoms with Crippen LogP contribution in [0.3, 0.4) is 0 Å². The predicted octanol–water partition coefficient (Wildman–Crippen LogP) is 0.783. The van der Waals surface area contributed by atoms with Gasteiger partial charge in [0, 0.05) is 16.9 Å². The average molecular weight is 308 g/mol. The summed E-state index contributed by atoms with van der Waals surface area (Å²) >= 11 is 3.35. The molecule has 16 heavy (non-hydrogen) atoms. The summed E-state index contributed by atoms with van der Waals surface area (Å²) < 4.78 is 22.9. The van der Waals surface area contributed by atoms with Gasteiger partial charge in [-0.15, -0.1) is 0 Å². The maximum atomic E-state index is 11.1. The Balaban J connectivity index is 2.79. The number of nitrogens with zero attached hydrogens (tertiary/aromatic N) is 1. The van der Waals surface area contributed by atoms with Gasteiger partial charge in [-0.25, -0.2) is 8.42 Å². The summed E-state index contributed by atoms with van der Waals surface area (Å²) in [4.78, 5) is 4.17. The molecule has 1 heterocycles. The Hall–Kier alpha value is -0.500. The van der Waals surface area contributed by atoms with E-state index in [4.69, 9.17) is 5.84 Å². The highest BCUT2D eigenvalue weighted by Gasteiger charge is 2.16. The first-order chi connectivity index (χ1) is 7.44. The molecule has 5 nitrogen and oxygen atoms in total. The number of aromatic nitrogens is 1. The number of nitrogens with one attached hydrogen (secondary N) is 1. The van der Waals surface area contributed by atoms with E-state index in [-0.39, 0.29) is 11.8 Å². The van der Waals surface area contributed by atoms with Gasteiger partial charge in [0.1, 0.15) is 9.84 Å². The van der Waals surface area contributed by atoms with Crippen LogP contribution in [0.4, 0.5) is 0 Å². The topological polar surface area (TPSA) is 85.1 Å². The molecule has 1 aromatic rings. The van der Waals surface area contributed by atoms with Crippen LogP contribution >= 0.6 is 15.9 Å². The number of hydrogen-bond acceptors (Lipinski definition) is 5. The molecular formula is C9H14BrN3O2S. The zero-order valence-electron chi connectivity index (χ0n) is 8.85. The molecule has 0 aliphatic heterocycles. The molecule has 0 aromatic carbocycles. The molecule has 0 fully saturated rings. The zero-order valence-corrected chi connectivity index (χ0v) is 11.3. The molecule has 0 saturated heterocycles. The minimum Gasteiger partial charge on any atom is -0.271 e. The maximum Gasteiger partial charge on any atom is 0.147 e. The van der Waals surface area contributed by atoms with E-state index in [1.54, 1.807) is 12.3 Å². The van der Waals surface area contributed by atoms with Crippen LogP contribution in [0, 0.1) is 0 Å². The fourth-order valence-corrected chi connectivity index (χ4v) is 2.48. The van der Waals surface area contributed by atoms with Gasteiger partial charge in [0.15, 0.2) is 0 Å². The third kappa shape index (κ3) is 4.17. The first-order valence-electron chi connectivity index (χ1n) is 4.68. The summed E-state index contributed by atoms with van der Waals surface area (Å²) in [7, 11) is -2.99. The molecule has 0 saturated carbocycles. The highest BCUT2D eigenvalue weighted by Crippen LogP contribution is 2.22. The summed E-state index contributed by atoms with van der Waals surface area (Å²) in [6.45, 7) is 0. The summed E-state index contributed by atoms with van der Waals surface area (Å²) in [5, 5.41) is 0. The lowest BCUT2D eigenvalue weighted by Gasteiger charge is -2.15. The molecular weight excluding hydrogens is 294 g/mol. The first-order valence-corrected chi connectivity index (χ1v) is 7.53. The Bertz CT molecular complexity index is 450. The minimum absolute atomic E-state index is 0.0743. The number of rotatable bonds is 5. The maximum absolute atomic E-state index is 11.1. The molecule has 90 valence electrons. The lowest BCUT2D eigenvalue weighted by molar-refractivity contribution is 0.518. The van der Waals surface area contributed by atoms with Gasteiger partial charge < -0.3 is 0 Å².